The van der Waals surface area contributed by atoms with Gasteiger partial charge in [0.15, 0.2) is 0 Å². The highest BCUT2D eigenvalue weighted by atomic mass is 35.5. The van der Waals surface area contributed by atoms with Crippen molar-refractivity contribution in [3.8, 4) is 28.0 Å². The number of carbonyl (C=O) groups excluding carboxylic acids is 4. The number of hydrogen-bond acceptors (Lipinski definition) is 10. The lowest BCUT2D eigenvalue weighted by Crippen LogP contribution is -2.74. The Morgan fingerprint density at radius 2 is 1.64 bits per heavy atom. The van der Waals surface area contributed by atoms with Crippen molar-refractivity contribution in [2.24, 2.45) is 16.2 Å². The summed E-state index contributed by atoms with van der Waals surface area (Å²) in [7, 11) is 0. The van der Waals surface area contributed by atoms with Gasteiger partial charge >= 0.3 is 0 Å². The monoisotopic (exact) mass is 938 g/mol. The second-order valence-electron chi connectivity index (χ2n) is 19.7. The second kappa shape index (κ2) is 21.0. The molecule has 1 saturated carbocycles. The van der Waals surface area contributed by atoms with Gasteiger partial charge in [-0.2, -0.15) is 5.26 Å². The fraction of sp³-hybridized carbons (Fsp3) is 0.471. The maximum Gasteiger partial charge on any atom is 0.251 e. The number of benzene rings is 3. The van der Waals surface area contributed by atoms with Gasteiger partial charge in [-0.25, -0.2) is 0 Å². The van der Waals surface area contributed by atoms with Gasteiger partial charge in [0, 0.05) is 65.5 Å². The van der Waals surface area contributed by atoms with Crippen LogP contribution < -0.4 is 30.7 Å². The summed E-state index contributed by atoms with van der Waals surface area (Å²) in [5, 5.41) is 34.2. The number of nitriles is 1. The number of aryl methyl sites for hydroxylation is 1. The molecular formula is C51H63ClN6O7S. The van der Waals surface area contributed by atoms with Crippen molar-refractivity contribution in [1.29, 1.82) is 5.26 Å². The molecule has 0 radical (unpaired) electrons. The molecule has 3 aromatic carbocycles. The van der Waals surface area contributed by atoms with E-state index in [1.807, 2.05) is 65.5 Å². The largest absolute Gasteiger partial charge is 0.494 e. The van der Waals surface area contributed by atoms with Gasteiger partial charge in [-0.3, -0.25) is 24.1 Å². The van der Waals surface area contributed by atoms with Crippen molar-refractivity contribution in [1.82, 2.24) is 26.2 Å². The van der Waals surface area contributed by atoms with Crippen LogP contribution in [0.3, 0.4) is 0 Å². The summed E-state index contributed by atoms with van der Waals surface area (Å²) in [6.07, 6.45) is -0.0453. The third-order valence-corrected chi connectivity index (χ3v) is 14.2. The van der Waals surface area contributed by atoms with E-state index in [1.54, 1.807) is 53.8 Å². The molecule has 1 saturated heterocycles. The van der Waals surface area contributed by atoms with Gasteiger partial charge in [-0.15, -0.1) is 11.3 Å². The van der Waals surface area contributed by atoms with Crippen LogP contribution in [0.4, 0.5) is 0 Å². The Morgan fingerprint density at radius 1 is 0.955 bits per heavy atom. The maximum absolute atomic E-state index is 13.4. The first-order chi connectivity index (χ1) is 31.2. The van der Waals surface area contributed by atoms with Gasteiger partial charge < -0.3 is 35.8 Å². The third-order valence-electron chi connectivity index (χ3n) is 12.8. The first kappa shape index (κ1) is 50.0. The third kappa shape index (κ3) is 12.1. The zero-order valence-electron chi connectivity index (χ0n) is 39.1. The molecule has 352 valence electrons. The molecule has 5 N–H and O–H groups in total. The lowest BCUT2D eigenvalue weighted by atomic mass is 9.49. The summed E-state index contributed by atoms with van der Waals surface area (Å²) < 4.78 is 12.2. The number of halogens is 1. The van der Waals surface area contributed by atoms with E-state index in [2.05, 4.69) is 57.8 Å². The standard InChI is InChI=1S/C51H63ClN6O7S/c1-31-21-23-66-44(31)33-13-11-32(12-14-33)27-55-46(63)40-24-36(59)29-58(40)30-41(49(2,3)4)56-43(61)28-54-42(60)10-9-22-64-37-18-15-34(16-19-37)45(62)57-47-50(5,6)48(51(47,7)8)65-38-20-17-35(26-53)39(52)25-38/h11-21,23,25,36,40-41,47-48,59H,9-10,22,24,27-30H2,1-8H3,(H,54,60)(H,55,63)(H,56,61)(H,57,62)/t36-,40+,41-,47-,48-/m1/s1. The van der Waals surface area contributed by atoms with E-state index in [9.17, 15) is 29.5 Å². The Labute approximate surface area is 397 Å². The molecule has 2 heterocycles. The number of carbonyl (C=O) groups is 4. The van der Waals surface area contributed by atoms with E-state index in [4.69, 9.17) is 21.1 Å². The van der Waals surface area contributed by atoms with Crippen molar-refractivity contribution in [3.05, 3.63) is 105 Å². The number of amides is 4. The van der Waals surface area contributed by atoms with Gasteiger partial charge in [0.25, 0.3) is 5.91 Å². The fourth-order valence-electron chi connectivity index (χ4n) is 9.32. The van der Waals surface area contributed by atoms with Crippen LogP contribution in [0.5, 0.6) is 11.5 Å². The highest BCUT2D eigenvalue weighted by molar-refractivity contribution is 7.13. The Bertz CT molecular complexity index is 2390. The van der Waals surface area contributed by atoms with E-state index in [0.29, 0.717) is 60.1 Å². The van der Waals surface area contributed by atoms with Crippen LogP contribution in [0.25, 0.3) is 10.4 Å². The Kier molecular flexibility index (Phi) is 15.9. The van der Waals surface area contributed by atoms with Crippen molar-refractivity contribution in [2.75, 3.05) is 26.2 Å². The molecular weight excluding hydrogens is 876 g/mol. The minimum atomic E-state index is -0.669. The Morgan fingerprint density at radius 3 is 2.26 bits per heavy atom. The maximum atomic E-state index is 13.4. The minimum Gasteiger partial charge on any atom is -0.494 e. The summed E-state index contributed by atoms with van der Waals surface area (Å²) >= 11 is 7.93. The first-order valence-electron chi connectivity index (χ1n) is 22.5. The van der Waals surface area contributed by atoms with E-state index < -0.39 is 23.0 Å². The van der Waals surface area contributed by atoms with Gasteiger partial charge in [0.1, 0.15) is 23.7 Å². The molecule has 1 aromatic heterocycles. The molecule has 0 spiro atoms. The zero-order chi connectivity index (χ0) is 48.0. The molecule has 1 aliphatic carbocycles. The summed E-state index contributed by atoms with van der Waals surface area (Å²) in [4.78, 5) is 55.8. The van der Waals surface area contributed by atoms with Gasteiger partial charge in [-0.1, -0.05) is 84.3 Å². The van der Waals surface area contributed by atoms with E-state index in [1.165, 1.54) is 10.4 Å². The number of β-amino-alcohol motifs (C(OH)–C–C–N with tert-alkyl or cyclic N) is 1. The fourth-order valence-corrected chi connectivity index (χ4v) is 10.5. The number of rotatable bonds is 18. The van der Waals surface area contributed by atoms with Crippen molar-refractivity contribution >= 4 is 46.6 Å². The van der Waals surface area contributed by atoms with E-state index >= 15 is 0 Å². The molecule has 1 aliphatic heterocycles. The number of thiophene rings is 1. The summed E-state index contributed by atoms with van der Waals surface area (Å²) in [5.74, 6) is 0.0801. The van der Waals surface area contributed by atoms with Gasteiger partial charge in [-0.05, 0) is 89.7 Å². The van der Waals surface area contributed by atoms with Crippen LogP contribution in [0.1, 0.15) is 94.8 Å². The number of likely N-dealkylation sites (tertiary alicyclic amines) is 1. The second-order valence-corrected chi connectivity index (χ2v) is 21.1. The van der Waals surface area contributed by atoms with Crippen LogP contribution in [0, 0.1) is 34.5 Å². The molecule has 4 amide bonds. The molecule has 15 heteroatoms. The summed E-state index contributed by atoms with van der Waals surface area (Å²) in [6.45, 7) is 17.4. The molecule has 2 aliphatic rings. The van der Waals surface area contributed by atoms with E-state index in [-0.39, 0.29) is 66.8 Å². The number of aliphatic hydroxyl groups excluding tert-OH is 1. The zero-order valence-corrected chi connectivity index (χ0v) is 40.7. The van der Waals surface area contributed by atoms with Crippen molar-refractivity contribution < 1.29 is 33.8 Å². The number of hydrogen-bond donors (Lipinski definition) is 5. The highest BCUT2D eigenvalue weighted by Crippen LogP contribution is 2.55. The first-order valence-corrected chi connectivity index (χ1v) is 23.7. The lowest BCUT2D eigenvalue weighted by molar-refractivity contribution is -0.164. The number of aliphatic hydroxyl groups is 1. The average molecular weight is 940 g/mol. The molecule has 66 heavy (non-hydrogen) atoms. The Hall–Kier alpha value is -5.46. The molecule has 0 bridgehead atoms. The van der Waals surface area contributed by atoms with Crippen LogP contribution in [0.15, 0.2) is 78.2 Å². The lowest BCUT2D eigenvalue weighted by Gasteiger charge is -2.63. The SMILES string of the molecule is Cc1ccsc1-c1ccc(CNC(=O)[C@@H]2C[C@@H](O)CN2C[C@@H](NC(=O)CNC(=O)CCCOc2ccc(C(=O)N[C@H]3C(C)(C)[C@H](Oc4ccc(C#N)c(Cl)c4)C3(C)C)cc2)C(C)(C)C)cc1. The predicted molar refractivity (Wildman–Crippen MR) is 257 cm³/mol. The minimum absolute atomic E-state index is 0.146. The van der Waals surface area contributed by atoms with Crippen LogP contribution in [-0.4, -0.2) is 90.2 Å². The summed E-state index contributed by atoms with van der Waals surface area (Å²) in [6, 6.07) is 23.0. The van der Waals surface area contributed by atoms with Gasteiger partial charge in [0.2, 0.25) is 17.7 Å². The van der Waals surface area contributed by atoms with Crippen molar-refractivity contribution in [2.45, 2.75) is 112 Å². The van der Waals surface area contributed by atoms with Crippen LogP contribution in [0.2, 0.25) is 5.02 Å². The molecule has 0 unspecified atom stereocenters. The quantitative estimate of drug-likeness (QED) is 0.0635. The smallest absolute Gasteiger partial charge is 0.251 e. The predicted octanol–water partition coefficient (Wildman–Crippen LogP) is 7.42. The average Bonchev–Trinajstić information content (AvgIpc) is 3.88. The highest BCUT2D eigenvalue weighted by Gasteiger charge is 2.64. The molecule has 2 fully saturated rings. The normalized spacial score (nSPS) is 20.3. The van der Waals surface area contributed by atoms with Crippen LogP contribution in [-0.2, 0) is 20.9 Å². The van der Waals surface area contributed by atoms with Crippen LogP contribution >= 0.6 is 22.9 Å². The number of nitrogens with zero attached hydrogens (tertiary/aromatic N) is 2. The number of ether oxygens (including phenoxy) is 2. The number of nitrogens with one attached hydrogen (secondary N) is 4. The molecule has 13 nitrogen and oxygen atoms in total. The molecule has 6 rings (SSSR count). The topological polar surface area (TPSA) is 182 Å². The van der Waals surface area contributed by atoms with Crippen molar-refractivity contribution in [3.63, 3.8) is 0 Å². The summed E-state index contributed by atoms with van der Waals surface area (Å²) in [5.41, 5.74) is 3.00. The van der Waals surface area contributed by atoms with Gasteiger partial charge in [0.05, 0.1) is 35.9 Å². The van der Waals surface area contributed by atoms with E-state index in [0.717, 1.165) is 11.1 Å². The molecule has 3 atom stereocenters. The molecule has 4 aromatic rings. The Balaban J connectivity index is 0.897.